The third-order valence-corrected chi connectivity index (χ3v) is 2.73. The standard InChI is InChI=1S/C14H18N2O2/c1-9(2)12-5-4-10(3)6-13(12)18-14-16-11(7-15)8-17-14/h4-6,8-9H,7,15H2,1-3H3. The first-order valence-electron chi connectivity index (χ1n) is 6.03. The van der Waals surface area contributed by atoms with Crippen LogP contribution in [0.3, 0.4) is 0 Å². The number of benzene rings is 1. The van der Waals surface area contributed by atoms with E-state index in [1.807, 2.05) is 13.0 Å². The van der Waals surface area contributed by atoms with Crippen molar-refractivity contribution in [1.82, 2.24) is 4.98 Å². The zero-order valence-electron chi connectivity index (χ0n) is 10.9. The van der Waals surface area contributed by atoms with E-state index in [-0.39, 0.29) is 6.08 Å². The summed E-state index contributed by atoms with van der Waals surface area (Å²) in [5.41, 5.74) is 8.44. The van der Waals surface area contributed by atoms with Gasteiger partial charge in [0, 0.05) is 6.54 Å². The molecule has 4 nitrogen and oxygen atoms in total. The van der Waals surface area contributed by atoms with Crippen LogP contribution in [0.5, 0.6) is 11.8 Å². The maximum Gasteiger partial charge on any atom is 0.399 e. The molecule has 0 spiro atoms. The number of rotatable bonds is 4. The minimum Gasteiger partial charge on any atom is -0.417 e. The van der Waals surface area contributed by atoms with Crippen molar-refractivity contribution in [2.45, 2.75) is 33.2 Å². The van der Waals surface area contributed by atoms with Gasteiger partial charge in [-0.1, -0.05) is 26.0 Å². The SMILES string of the molecule is Cc1ccc(C(C)C)c(Oc2nc(CN)co2)c1. The van der Waals surface area contributed by atoms with Gasteiger partial charge in [0.15, 0.2) is 0 Å². The Morgan fingerprint density at radius 3 is 2.78 bits per heavy atom. The van der Waals surface area contributed by atoms with Crippen LogP contribution in [0.4, 0.5) is 0 Å². The number of nitrogens with two attached hydrogens (primary N) is 1. The zero-order chi connectivity index (χ0) is 13.1. The summed E-state index contributed by atoms with van der Waals surface area (Å²) >= 11 is 0. The number of hydrogen-bond acceptors (Lipinski definition) is 4. The molecule has 0 aliphatic rings. The molecule has 4 heteroatoms. The molecule has 18 heavy (non-hydrogen) atoms. The summed E-state index contributed by atoms with van der Waals surface area (Å²) in [5, 5.41) is 0. The normalized spacial score (nSPS) is 10.9. The number of ether oxygens (including phenoxy) is 1. The van der Waals surface area contributed by atoms with Crippen molar-refractivity contribution in [2.24, 2.45) is 5.73 Å². The summed E-state index contributed by atoms with van der Waals surface area (Å²) in [6.45, 7) is 6.62. The molecule has 0 unspecified atom stereocenters. The monoisotopic (exact) mass is 246 g/mol. The van der Waals surface area contributed by atoms with Crippen molar-refractivity contribution in [2.75, 3.05) is 0 Å². The van der Waals surface area contributed by atoms with Crippen LogP contribution in [0.15, 0.2) is 28.9 Å². The Morgan fingerprint density at radius 1 is 1.39 bits per heavy atom. The molecule has 2 rings (SSSR count). The number of hydrogen-bond donors (Lipinski definition) is 1. The van der Waals surface area contributed by atoms with E-state index >= 15 is 0 Å². The van der Waals surface area contributed by atoms with Gasteiger partial charge in [0.25, 0.3) is 0 Å². The maximum atomic E-state index is 5.70. The first-order chi connectivity index (χ1) is 8.60. The smallest absolute Gasteiger partial charge is 0.399 e. The fourth-order valence-electron chi connectivity index (χ4n) is 1.73. The molecule has 0 bridgehead atoms. The second-order valence-corrected chi connectivity index (χ2v) is 4.61. The van der Waals surface area contributed by atoms with Crippen molar-refractivity contribution < 1.29 is 9.15 Å². The van der Waals surface area contributed by atoms with Gasteiger partial charge < -0.3 is 14.9 Å². The molecule has 0 aliphatic heterocycles. The number of aryl methyl sites for hydroxylation is 1. The van der Waals surface area contributed by atoms with Crippen molar-refractivity contribution >= 4 is 0 Å². The summed E-state index contributed by atoms with van der Waals surface area (Å²) in [5.74, 6) is 1.17. The highest BCUT2D eigenvalue weighted by Crippen LogP contribution is 2.31. The van der Waals surface area contributed by atoms with Crippen molar-refractivity contribution in [3.8, 4) is 11.8 Å². The Labute approximate surface area is 107 Å². The molecule has 96 valence electrons. The molecule has 0 amide bonds. The fraction of sp³-hybridized carbons (Fsp3) is 0.357. The number of aromatic nitrogens is 1. The van der Waals surface area contributed by atoms with Gasteiger partial charge in [-0.3, -0.25) is 0 Å². The average molecular weight is 246 g/mol. The third-order valence-electron chi connectivity index (χ3n) is 2.73. The summed E-state index contributed by atoms with van der Waals surface area (Å²) < 4.78 is 10.9. The molecular weight excluding hydrogens is 228 g/mol. The van der Waals surface area contributed by atoms with E-state index < -0.39 is 0 Å². The summed E-state index contributed by atoms with van der Waals surface area (Å²) in [6, 6.07) is 6.13. The lowest BCUT2D eigenvalue weighted by molar-refractivity contribution is 0.327. The van der Waals surface area contributed by atoms with E-state index in [1.165, 1.54) is 6.26 Å². The van der Waals surface area contributed by atoms with E-state index in [9.17, 15) is 0 Å². The molecule has 0 radical (unpaired) electrons. The average Bonchev–Trinajstić information content (AvgIpc) is 2.76. The molecule has 1 aromatic carbocycles. The maximum absolute atomic E-state index is 5.70. The summed E-state index contributed by atoms with van der Waals surface area (Å²) in [4.78, 5) is 4.14. The highest BCUT2D eigenvalue weighted by Gasteiger charge is 2.12. The van der Waals surface area contributed by atoms with Crippen LogP contribution >= 0.6 is 0 Å². The van der Waals surface area contributed by atoms with Gasteiger partial charge >= 0.3 is 6.08 Å². The van der Waals surface area contributed by atoms with Crippen molar-refractivity contribution in [3.63, 3.8) is 0 Å². The second-order valence-electron chi connectivity index (χ2n) is 4.61. The van der Waals surface area contributed by atoms with Gasteiger partial charge in [-0.2, -0.15) is 4.98 Å². The second kappa shape index (κ2) is 5.23. The van der Waals surface area contributed by atoms with Crippen LogP contribution in [0, 0.1) is 6.92 Å². The Bertz CT molecular complexity index is 532. The van der Waals surface area contributed by atoms with Crippen molar-refractivity contribution in [1.29, 1.82) is 0 Å². The molecule has 2 aromatic rings. The van der Waals surface area contributed by atoms with Gasteiger partial charge in [-0.15, -0.1) is 0 Å². The lowest BCUT2D eigenvalue weighted by Crippen LogP contribution is -1.97. The molecule has 1 aromatic heterocycles. The minimum atomic E-state index is 0.239. The van der Waals surface area contributed by atoms with Gasteiger partial charge in [0.2, 0.25) is 0 Å². The third kappa shape index (κ3) is 2.71. The van der Waals surface area contributed by atoms with Crippen LogP contribution < -0.4 is 10.5 Å². The van der Waals surface area contributed by atoms with Gasteiger partial charge in [-0.05, 0) is 30.0 Å². The summed E-state index contributed by atoms with van der Waals surface area (Å²) in [7, 11) is 0. The molecular formula is C14H18N2O2. The molecule has 2 N–H and O–H groups in total. The predicted octanol–water partition coefficient (Wildman–Crippen LogP) is 3.36. The quantitative estimate of drug-likeness (QED) is 0.898. The topological polar surface area (TPSA) is 61.3 Å². The van der Waals surface area contributed by atoms with E-state index in [1.54, 1.807) is 0 Å². The van der Waals surface area contributed by atoms with Gasteiger partial charge in [0.1, 0.15) is 12.0 Å². The highest BCUT2D eigenvalue weighted by molar-refractivity contribution is 5.40. The lowest BCUT2D eigenvalue weighted by Gasteiger charge is -2.12. The Balaban J connectivity index is 2.29. The molecule has 0 atom stereocenters. The Hall–Kier alpha value is -1.81. The molecule has 0 saturated carbocycles. The van der Waals surface area contributed by atoms with E-state index in [0.29, 0.717) is 18.2 Å². The fourth-order valence-corrected chi connectivity index (χ4v) is 1.73. The first-order valence-corrected chi connectivity index (χ1v) is 6.03. The van der Waals surface area contributed by atoms with Crippen LogP contribution in [0.2, 0.25) is 0 Å². The van der Waals surface area contributed by atoms with Crippen LogP contribution in [-0.4, -0.2) is 4.98 Å². The van der Waals surface area contributed by atoms with E-state index in [0.717, 1.165) is 16.9 Å². The van der Waals surface area contributed by atoms with E-state index in [4.69, 9.17) is 14.9 Å². The molecule has 0 saturated heterocycles. The largest absolute Gasteiger partial charge is 0.417 e. The molecule has 0 fully saturated rings. The van der Waals surface area contributed by atoms with Gasteiger partial charge in [-0.25, -0.2) is 0 Å². The van der Waals surface area contributed by atoms with Gasteiger partial charge in [0.05, 0.1) is 5.69 Å². The minimum absolute atomic E-state index is 0.239. The lowest BCUT2D eigenvalue weighted by atomic mass is 10.0. The predicted molar refractivity (Wildman–Crippen MR) is 69.7 cm³/mol. The Kier molecular flexibility index (Phi) is 3.67. The zero-order valence-corrected chi connectivity index (χ0v) is 10.9. The highest BCUT2D eigenvalue weighted by atomic mass is 16.6. The molecule has 0 aliphatic carbocycles. The molecule has 1 heterocycles. The van der Waals surface area contributed by atoms with Crippen LogP contribution in [-0.2, 0) is 6.54 Å². The summed E-state index contributed by atoms with van der Waals surface area (Å²) in [6.07, 6.45) is 1.75. The van der Waals surface area contributed by atoms with Crippen molar-refractivity contribution in [3.05, 3.63) is 41.3 Å². The van der Waals surface area contributed by atoms with Crippen LogP contribution in [0.1, 0.15) is 36.6 Å². The first kappa shape index (κ1) is 12.6. The number of nitrogens with zero attached hydrogens (tertiary/aromatic N) is 1. The van der Waals surface area contributed by atoms with Crippen LogP contribution in [0.25, 0.3) is 0 Å². The number of oxazole rings is 1. The Morgan fingerprint density at radius 2 is 2.17 bits per heavy atom. The van der Waals surface area contributed by atoms with E-state index in [2.05, 4.69) is 31.0 Å².